The molecular weight excluding hydrogens is 294 g/mol. The molecule has 0 spiro atoms. The van der Waals surface area contributed by atoms with E-state index in [0.29, 0.717) is 12.4 Å². The van der Waals surface area contributed by atoms with Gasteiger partial charge in [0.05, 0.1) is 21.5 Å². The molecule has 1 aromatic heterocycles. The number of hydrogen-bond acceptors (Lipinski definition) is 5. The van der Waals surface area contributed by atoms with Gasteiger partial charge in [-0.2, -0.15) is 0 Å². The highest BCUT2D eigenvalue weighted by Crippen LogP contribution is 2.26. The Morgan fingerprint density at radius 3 is 2.56 bits per heavy atom. The summed E-state index contributed by atoms with van der Waals surface area (Å²) in [5.41, 5.74) is -0.452. The Kier molecular flexibility index (Phi) is 2.91. The largest absolute Gasteiger partial charge is 0.348 e. The molecule has 1 N–H and O–H groups in total. The fourth-order valence-electron chi connectivity index (χ4n) is 1.76. The number of sulfone groups is 1. The second kappa shape index (κ2) is 3.96. The first-order valence-electron chi connectivity index (χ1n) is 4.85. The summed E-state index contributed by atoms with van der Waals surface area (Å²) in [7, 11) is -2.91. The maximum atomic E-state index is 11.4. The molecule has 1 atom stereocenters. The average Bonchev–Trinajstić information content (AvgIpc) is 2.45. The molecule has 16 heavy (non-hydrogen) atoms. The van der Waals surface area contributed by atoms with Gasteiger partial charge in [0.15, 0.2) is 9.84 Å². The third kappa shape index (κ3) is 2.70. The summed E-state index contributed by atoms with van der Waals surface area (Å²) in [6.45, 7) is 1.88. The summed E-state index contributed by atoms with van der Waals surface area (Å²) in [5.74, 6) is 0.828. The highest BCUT2D eigenvalue weighted by molar-refractivity contribution is 9.10. The van der Waals surface area contributed by atoms with Gasteiger partial charge in [-0.15, -0.1) is 0 Å². The van der Waals surface area contributed by atoms with Gasteiger partial charge in [0.25, 0.3) is 0 Å². The lowest BCUT2D eigenvalue weighted by Gasteiger charge is -2.23. The van der Waals surface area contributed by atoms with Crippen molar-refractivity contribution in [3.8, 4) is 0 Å². The first kappa shape index (κ1) is 11.8. The van der Waals surface area contributed by atoms with Gasteiger partial charge >= 0.3 is 0 Å². The zero-order valence-electron chi connectivity index (χ0n) is 8.77. The van der Waals surface area contributed by atoms with Crippen molar-refractivity contribution in [2.24, 2.45) is 0 Å². The Balaban J connectivity index is 2.13. The van der Waals surface area contributed by atoms with E-state index in [2.05, 4.69) is 31.2 Å². The second-order valence-corrected chi connectivity index (χ2v) is 7.35. The number of nitrogens with one attached hydrogen (secondary N) is 1. The van der Waals surface area contributed by atoms with Crippen molar-refractivity contribution in [2.45, 2.75) is 18.9 Å². The van der Waals surface area contributed by atoms with Crippen molar-refractivity contribution in [2.75, 3.05) is 16.8 Å². The topological polar surface area (TPSA) is 72.0 Å². The Hall–Kier alpha value is -0.690. The molecule has 1 aromatic rings. The monoisotopic (exact) mass is 305 g/mol. The summed E-state index contributed by atoms with van der Waals surface area (Å²) >= 11 is 3.24. The van der Waals surface area contributed by atoms with Crippen LogP contribution in [0.2, 0.25) is 0 Å². The number of aromatic nitrogens is 2. The molecule has 88 valence electrons. The van der Waals surface area contributed by atoms with Crippen LogP contribution in [0.15, 0.2) is 16.9 Å². The zero-order chi connectivity index (χ0) is 11.8. The first-order valence-corrected chi connectivity index (χ1v) is 7.46. The normalized spacial score (nSPS) is 27.9. The molecule has 1 aliphatic rings. The number of anilines is 1. The van der Waals surface area contributed by atoms with Crippen LogP contribution in [0.5, 0.6) is 0 Å². The molecule has 1 saturated heterocycles. The third-order valence-electron chi connectivity index (χ3n) is 2.54. The second-order valence-electron chi connectivity index (χ2n) is 4.25. The third-order valence-corrected chi connectivity index (χ3v) is 4.85. The SMILES string of the molecule is CC1(Nc2ncc(Br)cn2)CCS(=O)(=O)C1. The molecule has 1 fully saturated rings. The van der Waals surface area contributed by atoms with E-state index in [9.17, 15) is 8.42 Å². The van der Waals surface area contributed by atoms with Gasteiger partial charge in [0, 0.05) is 12.4 Å². The van der Waals surface area contributed by atoms with Crippen molar-refractivity contribution >= 4 is 31.7 Å². The van der Waals surface area contributed by atoms with Crippen LogP contribution in [0, 0.1) is 0 Å². The van der Waals surface area contributed by atoms with Gasteiger partial charge in [0.1, 0.15) is 0 Å². The summed E-state index contributed by atoms with van der Waals surface area (Å²) in [6, 6.07) is 0. The van der Waals surface area contributed by atoms with Gasteiger partial charge in [0.2, 0.25) is 5.95 Å². The fourth-order valence-corrected chi connectivity index (χ4v) is 4.05. The molecule has 0 radical (unpaired) electrons. The molecule has 7 heteroatoms. The maximum absolute atomic E-state index is 11.4. The molecule has 1 aliphatic heterocycles. The van der Waals surface area contributed by atoms with Gasteiger partial charge in [-0.25, -0.2) is 18.4 Å². The standard InChI is InChI=1S/C9H12BrN3O2S/c1-9(2-3-16(14,15)6-9)13-8-11-4-7(10)5-12-8/h4-5H,2-3,6H2,1H3,(H,11,12,13). The quantitative estimate of drug-likeness (QED) is 0.890. The fraction of sp³-hybridized carbons (Fsp3) is 0.556. The van der Waals surface area contributed by atoms with E-state index in [0.717, 1.165) is 4.47 Å². The summed E-state index contributed by atoms with van der Waals surface area (Å²) < 4.78 is 23.6. The molecule has 2 heterocycles. The van der Waals surface area contributed by atoms with Crippen molar-refractivity contribution in [3.63, 3.8) is 0 Å². The van der Waals surface area contributed by atoms with Crippen molar-refractivity contribution < 1.29 is 8.42 Å². The van der Waals surface area contributed by atoms with Crippen LogP contribution < -0.4 is 5.32 Å². The lowest BCUT2D eigenvalue weighted by atomic mass is 10.0. The Labute approximate surface area is 103 Å². The molecule has 0 aromatic carbocycles. The van der Waals surface area contributed by atoms with Crippen LogP contribution in [0.25, 0.3) is 0 Å². The Morgan fingerprint density at radius 1 is 1.44 bits per heavy atom. The molecule has 0 saturated carbocycles. The summed E-state index contributed by atoms with van der Waals surface area (Å²) in [4.78, 5) is 8.14. The number of halogens is 1. The van der Waals surface area contributed by atoms with E-state index in [4.69, 9.17) is 0 Å². The van der Waals surface area contributed by atoms with Crippen LogP contribution >= 0.6 is 15.9 Å². The zero-order valence-corrected chi connectivity index (χ0v) is 11.2. The van der Waals surface area contributed by atoms with Gasteiger partial charge < -0.3 is 5.32 Å². The molecule has 2 rings (SSSR count). The van der Waals surface area contributed by atoms with Crippen LogP contribution in [0.1, 0.15) is 13.3 Å². The van der Waals surface area contributed by atoms with E-state index in [1.54, 1.807) is 12.4 Å². The highest BCUT2D eigenvalue weighted by Gasteiger charge is 2.38. The van der Waals surface area contributed by atoms with Crippen LogP contribution in [0.3, 0.4) is 0 Å². The molecule has 0 amide bonds. The van der Waals surface area contributed by atoms with Crippen molar-refractivity contribution in [1.82, 2.24) is 9.97 Å². The molecular formula is C9H12BrN3O2S. The Morgan fingerprint density at radius 2 is 2.06 bits per heavy atom. The van der Waals surface area contributed by atoms with Gasteiger partial charge in [-0.05, 0) is 29.3 Å². The minimum absolute atomic E-state index is 0.138. The minimum atomic E-state index is -2.91. The maximum Gasteiger partial charge on any atom is 0.223 e. The number of nitrogens with zero attached hydrogens (tertiary/aromatic N) is 2. The van der Waals surface area contributed by atoms with Crippen LogP contribution in [0.4, 0.5) is 5.95 Å². The molecule has 0 aliphatic carbocycles. The lowest BCUT2D eigenvalue weighted by molar-refractivity contribution is 0.569. The Bertz CT molecular complexity index is 488. The van der Waals surface area contributed by atoms with Crippen molar-refractivity contribution in [3.05, 3.63) is 16.9 Å². The van der Waals surface area contributed by atoms with E-state index in [1.165, 1.54) is 0 Å². The summed E-state index contributed by atoms with van der Waals surface area (Å²) in [6.07, 6.45) is 3.85. The van der Waals surface area contributed by atoms with E-state index >= 15 is 0 Å². The van der Waals surface area contributed by atoms with Gasteiger partial charge in [-0.3, -0.25) is 0 Å². The number of rotatable bonds is 2. The summed E-state index contributed by atoms with van der Waals surface area (Å²) in [5, 5.41) is 3.08. The first-order chi connectivity index (χ1) is 7.39. The van der Waals surface area contributed by atoms with Crippen molar-refractivity contribution in [1.29, 1.82) is 0 Å². The van der Waals surface area contributed by atoms with E-state index < -0.39 is 15.4 Å². The molecule has 0 bridgehead atoms. The minimum Gasteiger partial charge on any atom is -0.348 e. The predicted molar refractivity (Wildman–Crippen MR) is 65.0 cm³/mol. The molecule has 5 nitrogen and oxygen atoms in total. The smallest absolute Gasteiger partial charge is 0.223 e. The average molecular weight is 306 g/mol. The predicted octanol–water partition coefficient (Wildman–Crippen LogP) is 1.23. The van der Waals surface area contributed by atoms with Crippen LogP contribution in [-0.4, -0.2) is 35.4 Å². The van der Waals surface area contributed by atoms with E-state index in [-0.39, 0.29) is 11.5 Å². The van der Waals surface area contributed by atoms with Gasteiger partial charge in [-0.1, -0.05) is 0 Å². The highest BCUT2D eigenvalue weighted by atomic mass is 79.9. The molecule has 1 unspecified atom stereocenters. The van der Waals surface area contributed by atoms with Crippen LogP contribution in [-0.2, 0) is 9.84 Å². The lowest BCUT2D eigenvalue weighted by Crippen LogP contribution is -2.36. The number of hydrogen-bond donors (Lipinski definition) is 1. The van der Waals surface area contributed by atoms with E-state index in [1.807, 2.05) is 6.92 Å².